The van der Waals surface area contributed by atoms with E-state index >= 15 is 0 Å². The Bertz CT molecular complexity index is 788. The third kappa shape index (κ3) is 4.14. The molecule has 2 aliphatic carbocycles. The summed E-state index contributed by atoms with van der Waals surface area (Å²) in [5.41, 5.74) is 1.61. The van der Waals surface area contributed by atoms with Crippen molar-refractivity contribution < 1.29 is 26.9 Å². The van der Waals surface area contributed by atoms with Gasteiger partial charge in [0.25, 0.3) is 0 Å². The lowest BCUT2D eigenvalue weighted by Gasteiger charge is -2.45. The summed E-state index contributed by atoms with van der Waals surface area (Å²) in [5.74, 6) is -1.91. The van der Waals surface area contributed by atoms with Gasteiger partial charge in [0.1, 0.15) is 5.78 Å². The number of halogens is 3. The molecule has 0 aliphatic heterocycles. The third-order valence-electron chi connectivity index (χ3n) is 5.96. The monoisotopic (exact) mass is 413 g/mol. The second kappa shape index (κ2) is 7.93. The topological polar surface area (TPSA) is 43.4 Å². The van der Waals surface area contributed by atoms with Gasteiger partial charge in [-0.1, -0.05) is 29.3 Å². The summed E-state index contributed by atoms with van der Waals surface area (Å²) >= 11 is -1.45. The molecule has 0 amide bonds. The molecule has 3 rings (SSSR count). The highest BCUT2D eigenvalue weighted by atomic mass is 32.2. The first-order chi connectivity index (χ1) is 13.1. The molecule has 2 aliphatic rings. The van der Waals surface area contributed by atoms with Crippen LogP contribution in [0.1, 0.15) is 46.0 Å². The van der Waals surface area contributed by atoms with Crippen LogP contribution in [0, 0.1) is 11.3 Å². The van der Waals surface area contributed by atoms with Gasteiger partial charge < -0.3 is 0 Å². The van der Waals surface area contributed by atoms with Crippen LogP contribution in [0.15, 0.2) is 46.4 Å². The molecule has 1 unspecified atom stereocenters. The lowest BCUT2D eigenvalue weighted by molar-refractivity contribution is -0.188. The molecular formula is C21H24F3O3S+. The fraction of sp³-hybridized carbons (Fsp3) is 0.524. The predicted octanol–water partition coefficient (Wildman–Crippen LogP) is 5.17. The minimum atomic E-state index is -5.06. The van der Waals surface area contributed by atoms with Crippen molar-refractivity contribution in [3.8, 4) is 0 Å². The Kier molecular flexibility index (Phi) is 5.94. The Labute approximate surface area is 165 Å². The number of hydrogen-bond donors (Lipinski definition) is 0. The number of fused-ring (bicyclic) bond motifs is 1. The average Bonchev–Trinajstić information content (AvgIpc) is 2.64. The summed E-state index contributed by atoms with van der Waals surface area (Å²) in [4.78, 5) is 25.2. The number of Topliss-reactive ketones (excluding diaryl/α,β-unsaturated/α-hetero) is 1. The van der Waals surface area contributed by atoms with E-state index in [0.717, 1.165) is 24.8 Å². The maximum absolute atomic E-state index is 13.1. The first-order valence-corrected chi connectivity index (χ1v) is 10.7. The van der Waals surface area contributed by atoms with Crippen molar-refractivity contribution in [1.29, 1.82) is 0 Å². The number of allylic oxidation sites excluding steroid dienone is 2. The Morgan fingerprint density at radius 2 is 1.89 bits per heavy atom. The molecule has 3 atom stereocenters. The van der Waals surface area contributed by atoms with E-state index < -0.39 is 28.7 Å². The number of rotatable bonds is 4. The first kappa shape index (κ1) is 21.0. The molecule has 0 radical (unpaired) electrons. The van der Waals surface area contributed by atoms with Crippen LogP contribution >= 0.6 is 0 Å². The normalized spacial score (nSPS) is 26.6. The van der Waals surface area contributed by atoms with Gasteiger partial charge in [0.15, 0.2) is 5.75 Å². The molecule has 1 saturated carbocycles. The fourth-order valence-corrected chi connectivity index (χ4v) is 6.35. The van der Waals surface area contributed by atoms with Gasteiger partial charge in [-0.05, 0) is 57.6 Å². The van der Waals surface area contributed by atoms with Gasteiger partial charge in [-0.25, -0.2) is 8.98 Å². The fourth-order valence-electron chi connectivity index (χ4n) is 4.33. The highest BCUT2D eigenvalue weighted by Crippen LogP contribution is 2.51. The van der Waals surface area contributed by atoms with Gasteiger partial charge in [0.05, 0.1) is 5.41 Å². The van der Waals surface area contributed by atoms with Crippen molar-refractivity contribution in [1.82, 2.24) is 0 Å². The summed E-state index contributed by atoms with van der Waals surface area (Å²) in [7, 11) is 0. The van der Waals surface area contributed by atoms with Crippen molar-refractivity contribution in [2.75, 3.05) is 5.75 Å². The van der Waals surface area contributed by atoms with E-state index in [1.54, 1.807) is 30.3 Å². The predicted molar refractivity (Wildman–Crippen MR) is 101 cm³/mol. The van der Waals surface area contributed by atoms with Crippen molar-refractivity contribution in [3.63, 3.8) is 0 Å². The first-order valence-electron chi connectivity index (χ1n) is 9.37. The second-order valence-electron chi connectivity index (χ2n) is 7.78. The molecule has 0 N–H and O–H groups in total. The molecule has 152 valence electrons. The van der Waals surface area contributed by atoms with Crippen LogP contribution in [0.2, 0.25) is 0 Å². The van der Waals surface area contributed by atoms with E-state index in [0.29, 0.717) is 17.7 Å². The van der Waals surface area contributed by atoms with Gasteiger partial charge in [0, 0.05) is 6.42 Å². The molecule has 1 aromatic rings. The SMILES string of the molecule is CC1=C(C)C[C@@]2(C[S+](OC(=O)C(F)(F)F)c3ccccc3)C(=O)CCC[C@@H]2C1. The van der Waals surface area contributed by atoms with Crippen molar-refractivity contribution in [2.24, 2.45) is 11.3 Å². The molecule has 1 aromatic carbocycles. The molecule has 3 nitrogen and oxygen atoms in total. The minimum Gasteiger partial charge on any atom is -0.299 e. The van der Waals surface area contributed by atoms with Gasteiger partial charge in [-0.2, -0.15) is 13.2 Å². The Hall–Kier alpha value is -1.76. The molecule has 28 heavy (non-hydrogen) atoms. The number of alkyl halides is 3. The molecule has 7 heteroatoms. The third-order valence-corrected chi connectivity index (χ3v) is 7.89. The molecule has 0 saturated heterocycles. The highest BCUT2D eigenvalue weighted by Gasteiger charge is 2.56. The van der Waals surface area contributed by atoms with Gasteiger partial charge >= 0.3 is 12.1 Å². The number of carbonyl (C=O) groups is 2. The molecular weight excluding hydrogens is 389 g/mol. The summed E-state index contributed by atoms with van der Waals surface area (Å²) < 4.78 is 43.6. The van der Waals surface area contributed by atoms with Crippen LogP contribution in [0.3, 0.4) is 0 Å². The molecule has 0 bridgehead atoms. The second-order valence-corrected chi connectivity index (χ2v) is 9.40. The molecule has 0 spiro atoms. The lowest BCUT2D eigenvalue weighted by Crippen LogP contribution is -2.49. The Morgan fingerprint density at radius 3 is 2.54 bits per heavy atom. The van der Waals surface area contributed by atoms with E-state index in [1.807, 2.05) is 6.92 Å². The average molecular weight is 413 g/mol. The number of hydrogen-bond acceptors (Lipinski definition) is 3. The van der Waals surface area contributed by atoms with Crippen LogP contribution in [-0.4, -0.2) is 23.7 Å². The van der Waals surface area contributed by atoms with E-state index in [2.05, 4.69) is 6.92 Å². The highest BCUT2D eigenvalue weighted by molar-refractivity contribution is 7.92. The largest absolute Gasteiger partial charge is 0.496 e. The summed E-state index contributed by atoms with van der Waals surface area (Å²) in [6.45, 7) is 4.04. The van der Waals surface area contributed by atoms with E-state index in [4.69, 9.17) is 4.18 Å². The summed E-state index contributed by atoms with van der Waals surface area (Å²) in [6, 6.07) is 8.46. The van der Waals surface area contributed by atoms with Crippen molar-refractivity contribution in [3.05, 3.63) is 41.5 Å². The number of ketones is 1. The number of benzene rings is 1. The van der Waals surface area contributed by atoms with Crippen LogP contribution in [-0.2, 0) is 24.9 Å². The molecule has 0 aromatic heterocycles. The smallest absolute Gasteiger partial charge is 0.299 e. The standard InChI is InChI=1S/C21H24F3O3S/c1-14-11-16-7-6-10-18(25)20(16,12-15(14)2)13-28(17-8-4-3-5-9-17)27-19(26)21(22,23)24/h3-5,8-9,16H,6-7,10-13H2,1-2H3/q+1/t16-,20+,28?/m1/s1. The molecule has 1 fully saturated rings. The van der Waals surface area contributed by atoms with Gasteiger partial charge in [0.2, 0.25) is 16.1 Å². The maximum Gasteiger partial charge on any atom is 0.496 e. The quantitative estimate of drug-likeness (QED) is 0.505. The van der Waals surface area contributed by atoms with Crippen molar-refractivity contribution in [2.45, 2.75) is 57.0 Å². The van der Waals surface area contributed by atoms with Crippen LogP contribution < -0.4 is 0 Å². The Balaban J connectivity index is 1.98. The van der Waals surface area contributed by atoms with E-state index in [1.165, 1.54) is 5.57 Å². The molecule has 0 heterocycles. The number of carbonyl (C=O) groups excluding carboxylic acids is 2. The van der Waals surface area contributed by atoms with Gasteiger partial charge in [-0.15, -0.1) is 0 Å². The Morgan fingerprint density at radius 1 is 1.21 bits per heavy atom. The zero-order chi connectivity index (χ0) is 20.5. The summed E-state index contributed by atoms with van der Waals surface area (Å²) in [5, 5.41) is 0. The van der Waals surface area contributed by atoms with Gasteiger partial charge in [-0.3, -0.25) is 4.79 Å². The zero-order valence-corrected chi connectivity index (χ0v) is 16.8. The van der Waals surface area contributed by atoms with Crippen LogP contribution in [0.4, 0.5) is 13.2 Å². The zero-order valence-electron chi connectivity index (χ0n) is 16.0. The lowest BCUT2D eigenvalue weighted by atomic mass is 9.59. The van der Waals surface area contributed by atoms with E-state index in [9.17, 15) is 22.8 Å². The van der Waals surface area contributed by atoms with E-state index in [-0.39, 0.29) is 17.5 Å². The minimum absolute atomic E-state index is 0.0840. The maximum atomic E-state index is 13.1. The van der Waals surface area contributed by atoms with Crippen molar-refractivity contribution >= 4 is 22.9 Å². The van der Waals surface area contributed by atoms with Crippen LogP contribution in [0.25, 0.3) is 0 Å². The van der Waals surface area contributed by atoms with Crippen LogP contribution in [0.5, 0.6) is 0 Å². The summed E-state index contributed by atoms with van der Waals surface area (Å²) in [6.07, 6.45) is -1.65.